The minimum absolute atomic E-state index is 0.00429. The number of thiazole rings is 1. The van der Waals surface area contributed by atoms with Gasteiger partial charge in [0, 0.05) is 18.3 Å². The second kappa shape index (κ2) is 7.64. The predicted molar refractivity (Wildman–Crippen MR) is 110 cm³/mol. The standard InChI is InChI=1S/C19H18N8OS/c28-18(12-3-7-21-8-4-12)27-19-25-14(15(29-19)11-1-5-20-6-2-11)17-22-9-13-16(26-17)24-10-23-13/h1-2,5-6,9-10,12,21H,3-4,7-8H2,(H,25,27,28)(H,22,23,24,26). The van der Waals surface area contributed by atoms with E-state index in [1.165, 1.54) is 11.3 Å². The zero-order chi connectivity index (χ0) is 19.6. The molecule has 0 bridgehead atoms. The van der Waals surface area contributed by atoms with Crippen LogP contribution in [-0.2, 0) is 4.79 Å². The summed E-state index contributed by atoms with van der Waals surface area (Å²) in [5.41, 5.74) is 2.89. The summed E-state index contributed by atoms with van der Waals surface area (Å²) in [6.07, 6.45) is 8.39. The van der Waals surface area contributed by atoms with Crippen molar-refractivity contribution in [2.45, 2.75) is 12.8 Å². The first-order valence-electron chi connectivity index (χ1n) is 9.37. The number of aromatic amines is 1. The van der Waals surface area contributed by atoms with Gasteiger partial charge in [-0.05, 0) is 43.6 Å². The molecule has 0 aromatic carbocycles. The summed E-state index contributed by atoms with van der Waals surface area (Å²) >= 11 is 1.41. The van der Waals surface area contributed by atoms with Gasteiger partial charge in [0.25, 0.3) is 0 Å². The van der Waals surface area contributed by atoms with E-state index in [1.807, 2.05) is 12.1 Å². The van der Waals surface area contributed by atoms with Gasteiger partial charge in [-0.3, -0.25) is 9.78 Å². The SMILES string of the molecule is O=C(Nc1nc(-c2ncc3[nH]cnc3n2)c(-c2ccncc2)s1)C1CCNCC1. The molecule has 5 heterocycles. The fraction of sp³-hybridized carbons (Fsp3) is 0.263. The zero-order valence-corrected chi connectivity index (χ0v) is 16.2. The number of amides is 1. The average molecular weight is 406 g/mol. The van der Waals surface area contributed by atoms with Gasteiger partial charge in [-0.1, -0.05) is 11.3 Å². The number of H-pyrrole nitrogens is 1. The van der Waals surface area contributed by atoms with Crippen LogP contribution in [0.4, 0.5) is 5.13 Å². The van der Waals surface area contributed by atoms with Crippen molar-refractivity contribution in [3.8, 4) is 22.0 Å². The molecule has 9 nitrogen and oxygen atoms in total. The number of aromatic nitrogens is 6. The molecule has 0 unspecified atom stereocenters. The Labute approximate surface area is 170 Å². The van der Waals surface area contributed by atoms with E-state index in [0.717, 1.165) is 41.9 Å². The Bertz CT molecular complexity index is 1150. The summed E-state index contributed by atoms with van der Waals surface area (Å²) in [6, 6.07) is 3.81. The highest BCUT2D eigenvalue weighted by atomic mass is 32.1. The number of nitrogens with one attached hydrogen (secondary N) is 3. The number of rotatable bonds is 4. The van der Waals surface area contributed by atoms with Gasteiger partial charge in [-0.25, -0.2) is 19.9 Å². The largest absolute Gasteiger partial charge is 0.342 e. The van der Waals surface area contributed by atoms with E-state index in [0.29, 0.717) is 22.3 Å². The Morgan fingerprint density at radius 1 is 1.14 bits per heavy atom. The van der Waals surface area contributed by atoms with E-state index in [1.54, 1.807) is 24.9 Å². The van der Waals surface area contributed by atoms with Crippen LogP contribution in [0.15, 0.2) is 37.1 Å². The average Bonchev–Trinajstić information content (AvgIpc) is 3.41. The first kappa shape index (κ1) is 17.8. The molecule has 146 valence electrons. The van der Waals surface area contributed by atoms with Crippen LogP contribution in [0.5, 0.6) is 0 Å². The molecule has 1 saturated heterocycles. The fourth-order valence-corrected chi connectivity index (χ4v) is 4.34. The fourth-order valence-electron chi connectivity index (χ4n) is 3.37. The Balaban J connectivity index is 1.52. The molecule has 3 N–H and O–H groups in total. The van der Waals surface area contributed by atoms with Crippen LogP contribution in [0.3, 0.4) is 0 Å². The van der Waals surface area contributed by atoms with Crippen molar-refractivity contribution in [3.05, 3.63) is 37.1 Å². The molecule has 0 saturated carbocycles. The van der Waals surface area contributed by atoms with Crippen molar-refractivity contribution in [1.82, 2.24) is 35.2 Å². The molecule has 1 aliphatic rings. The number of piperidine rings is 1. The molecular weight excluding hydrogens is 388 g/mol. The highest BCUT2D eigenvalue weighted by Gasteiger charge is 2.24. The van der Waals surface area contributed by atoms with E-state index in [-0.39, 0.29) is 11.8 Å². The lowest BCUT2D eigenvalue weighted by atomic mass is 9.97. The van der Waals surface area contributed by atoms with E-state index < -0.39 is 0 Å². The quantitative estimate of drug-likeness (QED) is 0.476. The first-order valence-corrected chi connectivity index (χ1v) is 10.2. The molecule has 4 aromatic heterocycles. The van der Waals surface area contributed by atoms with Crippen LogP contribution < -0.4 is 10.6 Å². The Morgan fingerprint density at radius 3 is 2.79 bits per heavy atom. The van der Waals surface area contributed by atoms with E-state index in [9.17, 15) is 4.79 Å². The molecule has 10 heteroatoms. The Morgan fingerprint density at radius 2 is 1.97 bits per heavy atom. The molecule has 5 rings (SSSR count). The normalized spacial score (nSPS) is 14.9. The summed E-state index contributed by atoms with van der Waals surface area (Å²) in [4.78, 5) is 38.5. The monoisotopic (exact) mass is 406 g/mol. The summed E-state index contributed by atoms with van der Waals surface area (Å²) in [6.45, 7) is 1.72. The Hall–Kier alpha value is -3.24. The maximum Gasteiger partial charge on any atom is 0.229 e. The van der Waals surface area contributed by atoms with Crippen LogP contribution in [0.1, 0.15) is 12.8 Å². The van der Waals surface area contributed by atoms with E-state index in [4.69, 9.17) is 0 Å². The van der Waals surface area contributed by atoms with Crippen LogP contribution >= 0.6 is 11.3 Å². The van der Waals surface area contributed by atoms with Crippen LogP contribution in [-0.4, -0.2) is 48.9 Å². The van der Waals surface area contributed by atoms with Gasteiger partial charge in [0.1, 0.15) is 11.2 Å². The lowest BCUT2D eigenvalue weighted by Gasteiger charge is -2.20. The third-order valence-electron chi connectivity index (χ3n) is 4.90. The zero-order valence-electron chi connectivity index (χ0n) is 15.4. The molecular formula is C19H18N8OS. The van der Waals surface area contributed by atoms with Crippen molar-refractivity contribution < 1.29 is 4.79 Å². The number of anilines is 1. The van der Waals surface area contributed by atoms with Gasteiger partial charge in [0.15, 0.2) is 16.6 Å². The maximum absolute atomic E-state index is 12.7. The third-order valence-corrected chi connectivity index (χ3v) is 5.92. The van der Waals surface area contributed by atoms with Gasteiger partial charge in [-0.2, -0.15) is 0 Å². The van der Waals surface area contributed by atoms with E-state index in [2.05, 4.69) is 40.5 Å². The highest BCUT2D eigenvalue weighted by molar-refractivity contribution is 7.19. The minimum atomic E-state index is 0.00429. The summed E-state index contributed by atoms with van der Waals surface area (Å²) in [7, 11) is 0. The lowest BCUT2D eigenvalue weighted by molar-refractivity contribution is -0.120. The molecule has 0 spiro atoms. The predicted octanol–water partition coefficient (Wildman–Crippen LogP) is 2.48. The van der Waals surface area contributed by atoms with Gasteiger partial charge in [0.2, 0.25) is 5.91 Å². The molecule has 0 atom stereocenters. The van der Waals surface area contributed by atoms with Crippen LogP contribution in [0.25, 0.3) is 33.1 Å². The van der Waals surface area contributed by atoms with Crippen molar-refractivity contribution in [3.63, 3.8) is 0 Å². The van der Waals surface area contributed by atoms with Gasteiger partial charge >= 0.3 is 0 Å². The van der Waals surface area contributed by atoms with Gasteiger partial charge in [0.05, 0.1) is 17.4 Å². The third kappa shape index (κ3) is 3.59. The number of fused-ring (bicyclic) bond motifs is 1. The number of pyridine rings is 1. The summed E-state index contributed by atoms with van der Waals surface area (Å²) in [5.74, 6) is 0.483. The lowest BCUT2D eigenvalue weighted by Crippen LogP contribution is -2.34. The molecule has 1 amide bonds. The Kier molecular flexibility index (Phi) is 4.70. The minimum Gasteiger partial charge on any atom is -0.342 e. The smallest absolute Gasteiger partial charge is 0.229 e. The van der Waals surface area contributed by atoms with Crippen LogP contribution in [0, 0.1) is 5.92 Å². The first-order chi connectivity index (χ1) is 14.3. The van der Waals surface area contributed by atoms with Crippen LogP contribution in [0.2, 0.25) is 0 Å². The number of carbonyl (C=O) groups is 1. The number of imidazole rings is 1. The topological polar surface area (TPSA) is 121 Å². The van der Waals surface area contributed by atoms with E-state index >= 15 is 0 Å². The van der Waals surface area contributed by atoms with Gasteiger partial charge < -0.3 is 15.6 Å². The van der Waals surface area contributed by atoms with Gasteiger partial charge in [-0.15, -0.1) is 0 Å². The summed E-state index contributed by atoms with van der Waals surface area (Å²) in [5, 5.41) is 6.81. The molecule has 0 radical (unpaired) electrons. The van der Waals surface area contributed by atoms with Crippen molar-refractivity contribution in [2.75, 3.05) is 18.4 Å². The van der Waals surface area contributed by atoms with Crippen molar-refractivity contribution in [2.24, 2.45) is 5.92 Å². The number of carbonyl (C=O) groups excluding carboxylic acids is 1. The maximum atomic E-state index is 12.7. The molecule has 1 aliphatic heterocycles. The molecule has 0 aliphatic carbocycles. The highest BCUT2D eigenvalue weighted by Crippen LogP contribution is 2.38. The van der Waals surface area contributed by atoms with Crippen molar-refractivity contribution >= 4 is 33.5 Å². The molecule has 1 fully saturated rings. The molecule has 29 heavy (non-hydrogen) atoms. The number of hydrogen-bond donors (Lipinski definition) is 3. The summed E-state index contributed by atoms with van der Waals surface area (Å²) < 4.78 is 0. The van der Waals surface area contributed by atoms with Crippen molar-refractivity contribution in [1.29, 1.82) is 0 Å². The second-order valence-electron chi connectivity index (χ2n) is 6.78. The second-order valence-corrected chi connectivity index (χ2v) is 7.78. The number of nitrogens with zero attached hydrogens (tertiary/aromatic N) is 5. The molecule has 4 aromatic rings. The number of hydrogen-bond acceptors (Lipinski definition) is 8.